The number of aromatic nitrogens is 1. The molecule has 1 atom stereocenters. The minimum atomic E-state index is -0.880. The first-order chi connectivity index (χ1) is 6.15. The summed E-state index contributed by atoms with van der Waals surface area (Å²) < 4.78 is 0. The van der Waals surface area contributed by atoms with Gasteiger partial charge in [-0.25, -0.2) is 0 Å². The predicted molar refractivity (Wildman–Crippen MR) is 46.2 cm³/mol. The topological polar surface area (TPSA) is 70.4 Å². The number of carboxylic acid groups (broad SMARTS) is 1. The van der Waals surface area contributed by atoms with Gasteiger partial charge in [0.25, 0.3) is 0 Å². The monoisotopic (exact) mass is 181 g/mol. The molecule has 0 amide bonds. The Labute approximate surface area is 75.9 Å². The van der Waals surface area contributed by atoms with Crippen molar-refractivity contribution in [3.8, 4) is 0 Å². The van der Waals surface area contributed by atoms with Gasteiger partial charge in [-0.3, -0.25) is 9.78 Å². The van der Waals surface area contributed by atoms with Crippen molar-refractivity contribution in [3.63, 3.8) is 0 Å². The zero-order chi connectivity index (χ0) is 9.84. The van der Waals surface area contributed by atoms with Crippen LogP contribution in [0.2, 0.25) is 0 Å². The predicted octanol–water partition coefficient (Wildman–Crippen LogP) is 0.762. The quantitative estimate of drug-likeness (QED) is 0.722. The van der Waals surface area contributed by atoms with E-state index in [0.29, 0.717) is 11.3 Å². The van der Waals surface area contributed by atoms with Crippen LogP contribution >= 0.6 is 0 Å². The number of hydrogen-bond donors (Lipinski definition) is 2. The molecule has 1 aromatic rings. The van der Waals surface area contributed by atoms with Gasteiger partial charge < -0.3 is 10.2 Å². The molecule has 4 nitrogen and oxygen atoms in total. The average Bonchev–Trinajstić information content (AvgIpc) is 2.16. The van der Waals surface area contributed by atoms with Crippen LogP contribution in [0.15, 0.2) is 18.3 Å². The van der Waals surface area contributed by atoms with Gasteiger partial charge in [-0.05, 0) is 24.6 Å². The first kappa shape index (κ1) is 9.67. The van der Waals surface area contributed by atoms with E-state index in [1.807, 2.05) is 0 Å². The first-order valence-corrected chi connectivity index (χ1v) is 3.93. The number of aliphatic hydroxyl groups is 1. The maximum absolute atomic E-state index is 10.6. The van der Waals surface area contributed by atoms with E-state index < -0.39 is 11.9 Å². The molecular formula is C9H11NO3. The summed E-state index contributed by atoms with van der Waals surface area (Å²) in [6.07, 6.45) is 1.50. The van der Waals surface area contributed by atoms with Crippen molar-refractivity contribution in [3.05, 3.63) is 29.6 Å². The highest BCUT2D eigenvalue weighted by Crippen LogP contribution is 2.15. The summed E-state index contributed by atoms with van der Waals surface area (Å²) in [7, 11) is 0. The lowest BCUT2D eigenvalue weighted by molar-refractivity contribution is -0.138. The Morgan fingerprint density at radius 3 is 2.92 bits per heavy atom. The van der Waals surface area contributed by atoms with Crippen LogP contribution in [-0.4, -0.2) is 21.2 Å². The highest BCUT2D eigenvalue weighted by atomic mass is 16.4. The molecule has 13 heavy (non-hydrogen) atoms. The second-order valence-corrected chi connectivity index (χ2v) is 2.80. The Kier molecular flexibility index (Phi) is 2.97. The molecule has 0 fully saturated rings. The smallest absolute Gasteiger partial charge is 0.310 e. The SMILES string of the molecule is CC(C(=O)O)c1ccnc(CO)c1. The normalized spacial score (nSPS) is 12.5. The maximum Gasteiger partial charge on any atom is 0.310 e. The number of carboxylic acids is 1. The number of aliphatic hydroxyl groups excluding tert-OH is 1. The van der Waals surface area contributed by atoms with Crippen LogP contribution in [0.1, 0.15) is 24.1 Å². The van der Waals surface area contributed by atoms with E-state index in [0.717, 1.165) is 0 Å². The molecule has 1 unspecified atom stereocenters. The highest BCUT2D eigenvalue weighted by molar-refractivity contribution is 5.75. The molecule has 1 rings (SSSR count). The van der Waals surface area contributed by atoms with Crippen LogP contribution in [0, 0.1) is 0 Å². The van der Waals surface area contributed by atoms with Gasteiger partial charge in [0.2, 0.25) is 0 Å². The highest BCUT2D eigenvalue weighted by Gasteiger charge is 2.13. The second kappa shape index (κ2) is 4.00. The summed E-state index contributed by atoms with van der Waals surface area (Å²) in [4.78, 5) is 14.5. The second-order valence-electron chi connectivity index (χ2n) is 2.80. The van der Waals surface area contributed by atoms with Gasteiger partial charge >= 0.3 is 5.97 Å². The summed E-state index contributed by atoms with van der Waals surface area (Å²) in [5.41, 5.74) is 1.15. The zero-order valence-electron chi connectivity index (χ0n) is 7.27. The summed E-state index contributed by atoms with van der Waals surface area (Å²) in [5.74, 6) is -1.44. The third-order valence-corrected chi connectivity index (χ3v) is 1.87. The fourth-order valence-electron chi connectivity index (χ4n) is 0.995. The molecule has 0 aliphatic heterocycles. The molecular weight excluding hydrogens is 170 g/mol. The minimum absolute atomic E-state index is 0.166. The number of carbonyl (C=O) groups is 1. The van der Waals surface area contributed by atoms with Crippen molar-refractivity contribution in [2.24, 2.45) is 0 Å². The Morgan fingerprint density at radius 2 is 2.38 bits per heavy atom. The van der Waals surface area contributed by atoms with Gasteiger partial charge in [0, 0.05) is 6.20 Å². The number of pyridine rings is 1. The molecule has 0 radical (unpaired) electrons. The lowest BCUT2D eigenvalue weighted by Crippen LogP contribution is -2.08. The van der Waals surface area contributed by atoms with Gasteiger partial charge in [-0.2, -0.15) is 0 Å². The average molecular weight is 181 g/mol. The molecule has 0 aliphatic rings. The van der Waals surface area contributed by atoms with E-state index in [1.54, 1.807) is 19.1 Å². The van der Waals surface area contributed by atoms with Crippen molar-refractivity contribution in [1.82, 2.24) is 4.98 Å². The van der Waals surface area contributed by atoms with Crippen molar-refractivity contribution < 1.29 is 15.0 Å². The molecule has 0 saturated carbocycles. The third-order valence-electron chi connectivity index (χ3n) is 1.87. The van der Waals surface area contributed by atoms with Crippen LogP contribution in [0.3, 0.4) is 0 Å². The Balaban J connectivity index is 2.94. The van der Waals surface area contributed by atoms with Gasteiger partial charge in [0.1, 0.15) is 0 Å². The largest absolute Gasteiger partial charge is 0.481 e. The van der Waals surface area contributed by atoms with E-state index in [-0.39, 0.29) is 6.61 Å². The summed E-state index contributed by atoms with van der Waals surface area (Å²) >= 11 is 0. The fourth-order valence-corrected chi connectivity index (χ4v) is 0.995. The van der Waals surface area contributed by atoms with Crippen LogP contribution < -0.4 is 0 Å². The fraction of sp³-hybridized carbons (Fsp3) is 0.333. The number of aliphatic carboxylic acids is 1. The number of rotatable bonds is 3. The molecule has 70 valence electrons. The Hall–Kier alpha value is -1.42. The van der Waals surface area contributed by atoms with Crippen molar-refractivity contribution in [2.45, 2.75) is 19.4 Å². The molecule has 0 saturated heterocycles. The van der Waals surface area contributed by atoms with Crippen LogP contribution in [-0.2, 0) is 11.4 Å². The lowest BCUT2D eigenvalue weighted by Gasteiger charge is -2.06. The van der Waals surface area contributed by atoms with E-state index in [9.17, 15) is 4.79 Å². The summed E-state index contributed by atoms with van der Waals surface area (Å²) in [6.45, 7) is 1.43. The Morgan fingerprint density at radius 1 is 1.69 bits per heavy atom. The number of nitrogens with zero attached hydrogens (tertiary/aromatic N) is 1. The van der Waals surface area contributed by atoms with Crippen LogP contribution in [0.5, 0.6) is 0 Å². The van der Waals surface area contributed by atoms with Crippen LogP contribution in [0.4, 0.5) is 0 Å². The van der Waals surface area contributed by atoms with E-state index in [1.165, 1.54) is 6.20 Å². The molecule has 0 bridgehead atoms. The van der Waals surface area contributed by atoms with Gasteiger partial charge in [0.15, 0.2) is 0 Å². The lowest BCUT2D eigenvalue weighted by atomic mass is 10.0. The van der Waals surface area contributed by atoms with Gasteiger partial charge in [0.05, 0.1) is 18.2 Å². The Bertz CT molecular complexity index is 311. The molecule has 1 aromatic heterocycles. The van der Waals surface area contributed by atoms with E-state index in [4.69, 9.17) is 10.2 Å². The summed E-state index contributed by atoms with van der Waals surface area (Å²) in [6, 6.07) is 3.23. The molecule has 2 N–H and O–H groups in total. The van der Waals surface area contributed by atoms with E-state index >= 15 is 0 Å². The third kappa shape index (κ3) is 2.26. The van der Waals surface area contributed by atoms with Crippen molar-refractivity contribution in [2.75, 3.05) is 0 Å². The van der Waals surface area contributed by atoms with Crippen molar-refractivity contribution in [1.29, 1.82) is 0 Å². The molecule has 0 aromatic carbocycles. The van der Waals surface area contributed by atoms with E-state index in [2.05, 4.69) is 4.98 Å². The first-order valence-electron chi connectivity index (χ1n) is 3.93. The van der Waals surface area contributed by atoms with Crippen molar-refractivity contribution >= 4 is 5.97 Å². The molecule has 0 spiro atoms. The standard InChI is InChI=1S/C9H11NO3/c1-6(9(12)13)7-2-3-10-8(4-7)5-11/h2-4,6,11H,5H2,1H3,(H,12,13). The number of hydrogen-bond acceptors (Lipinski definition) is 3. The molecule has 0 aliphatic carbocycles. The van der Waals surface area contributed by atoms with Gasteiger partial charge in [-0.15, -0.1) is 0 Å². The summed E-state index contributed by atoms with van der Waals surface area (Å²) in [5, 5.41) is 17.5. The van der Waals surface area contributed by atoms with Gasteiger partial charge in [-0.1, -0.05) is 0 Å². The minimum Gasteiger partial charge on any atom is -0.481 e. The molecule has 4 heteroatoms. The van der Waals surface area contributed by atoms with Crippen LogP contribution in [0.25, 0.3) is 0 Å². The molecule has 1 heterocycles. The maximum atomic E-state index is 10.6. The zero-order valence-corrected chi connectivity index (χ0v) is 7.27.